The van der Waals surface area contributed by atoms with Crippen LogP contribution in [0.3, 0.4) is 0 Å². The van der Waals surface area contributed by atoms with E-state index < -0.39 is 21.7 Å². The van der Waals surface area contributed by atoms with Crippen molar-refractivity contribution in [3.05, 3.63) is 77.6 Å². The number of carbonyl (C=O) groups is 1. The molecular weight excluding hydrogens is 353 g/mol. The van der Waals surface area contributed by atoms with Crippen molar-refractivity contribution in [2.75, 3.05) is 11.5 Å². The molecule has 4 nitrogen and oxygen atoms in total. The molecule has 3 rings (SSSR count). The van der Waals surface area contributed by atoms with Crippen molar-refractivity contribution in [3.63, 3.8) is 0 Å². The number of carbonyl (C=O) groups excluding carboxylic acids is 1. The fourth-order valence-electron chi connectivity index (χ4n) is 3.05. The van der Waals surface area contributed by atoms with Gasteiger partial charge in [0.15, 0.2) is 9.84 Å². The molecule has 136 valence electrons. The minimum absolute atomic E-state index is 0.0465. The molecule has 2 aromatic carbocycles. The highest BCUT2D eigenvalue weighted by Crippen LogP contribution is 2.22. The van der Waals surface area contributed by atoms with Gasteiger partial charge in [0.25, 0.3) is 0 Å². The van der Waals surface area contributed by atoms with Crippen LogP contribution in [0.2, 0.25) is 0 Å². The van der Waals surface area contributed by atoms with E-state index in [2.05, 4.69) is 0 Å². The van der Waals surface area contributed by atoms with Crippen molar-refractivity contribution in [2.24, 2.45) is 0 Å². The Bertz CT molecular complexity index is 910. The molecule has 0 N–H and O–H groups in total. The predicted octanol–water partition coefficient (Wildman–Crippen LogP) is 3.05. The van der Waals surface area contributed by atoms with E-state index in [1.807, 2.05) is 30.3 Å². The molecule has 0 aromatic heterocycles. The fourth-order valence-corrected chi connectivity index (χ4v) is 4.78. The maximum absolute atomic E-state index is 14.0. The zero-order valence-electron chi connectivity index (χ0n) is 14.2. The van der Waals surface area contributed by atoms with Crippen LogP contribution < -0.4 is 0 Å². The number of nitrogens with zero attached hydrogens (tertiary/aromatic N) is 1. The van der Waals surface area contributed by atoms with Crippen molar-refractivity contribution < 1.29 is 17.6 Å². The Morgan fingerprint density at radius 2 is 1.81 bits per heavy atom. The molecule has 1 aliphatic heterocycles. The molecule has 0 radical (unpaired) electrons. The first-order valence-electron chi connectivity index (χ1n) is 8.42. The molecule has 1 fully saturated rings. The largest absolute Gasteiger partial charge is 0.331 e. The highest BCUT2D eigenvalue weighted by atomic mass is 32.2. The summed E-state index contributed by atoms with van der Waals surface area (Å²) in [5.41, 5.74) is 1.24. The third-order valence-electron chi connectivity index (χ3n) is 4.45. The van der Waals surface area contributed by atoms with Crippen LogP contribution in [-0.4, -0.2) is 36.8 Å². The molecule has 0 unspecified atom stereocenters. The van der Waals surface area contributed by atoms with E-state index in [4.69, 9.17) is 0 Å². The molecule has 26 heavy (non-hydrogen) atoms. The summed E-state index contributed by atoms with van der Waals surface area (Å²) in [6.07, 6.45) is 3.48. The summed E-state index contributed by atoms with van der Waals surface area (Å²) >= 11 is 0. The van der Waals surface area contributed by atoms with Gasteiger partial charge >= 0.3 is 0 Å². The van der Waals surface area contributed by atoms with Crippen LogP contribution >= 0.6 is 0 Å². The van der Waals surface area contributed by atoms with Crippen molar-refractivity contribution in [1.29, 1.82) is 0 Å². The summed E-state index contributed by atoms with van der Waals surface area (Å²) in [5, 5.41) is 0. The Hall–Kier alpha value is -2.47. The van der Waals surface area contributed by atoms with Crippen molar-refractivity contribution >= 4 is 21.8 Å². The molecule has 2 aromatic rings. The SMILES string of the molecule is O=C(/C=C/c1ccccc1)N(Cc1ccccc1F)[C@@H]1CCS(=O)(=O)C1. The first-order chi connectivity index (χ1) is 12.4. The third-order valence-corrected chi connectivity index (χ3v) is 6.20. The van der Waals surface area contributed by atoms with Crippen LogP contribution in [0.4, 0.5) is 4.39 Å². The minimum atomic E-state index is -3.16. The quantitative estimate of drug-likeness (QED) is 0.757. The van der Waals surface area contributed by atoms with Crippen LogP contribution in [0.5, 0.6) is 0 Å². The van der Waals surface area contributed by atoms with E-state index in [9.17, 15) is 17.6 Å². The van der Waals surface area contributed by atoms with Gasteiger partial charge in [-0.25, -0.2) is 12.8 Å². The lowest BCUT2D eigenvalue weighted by atomic mass is 10.1. The second kappa shape index (κ2) is 7.83. The van der Waals surface area contributed by atoms with E-state index in [-0.39, 0.29) is 24.0 Å². The standard InChI is InChI=1S/C20H20FNO3S/c21-19-9-5-4-8-17(19)14-22(18-12-13-26(24,25)15-18)20(23)11-10-16-6-2-1-3-7-16/h1-11,18H,12-15H2/b11-10+/t18-/m1/s1. The zero-order chi connectivity index (χ0) is 18.6. The molecule has 6 heteroatoms. The smallest absolute Gasteiger partial charge is 0.247 e. The molecule has 1 saturated heterocycles. The van der Waals surface area contributed by atoms with Crippen LogP contribution in [0, 0.1) is 5.82 Å². The fraction of sp³-hybridized carbons (Fsp3) is 0.250. The van der Waals surface area contributed by atoms with Gasteiger partial charge in [-0.15, -0.1) is 0 Å². The van der Waals surface area contributed by atoms with Gasteiger partial charge < -0.3 is 4.90 Å². The Morgan fingerprint density at radius 1 is 1.12 bits per heavy atom. The molecule has 0 aliphatic carbocycles. The van der Waals surface area contributed by atoms with Gasteiger partial charge in [0.05, 0.1) is 11.5 Å². The average Bonchev–Trinajstić information content (AvgIpc) is 2.99. The zero-order valence-corrected chi connectivity index (χ0v) is 15.0. The van der Waals surface area contributed by atoms with Gasteiger partial charge in [0.2, 0.25) is 5.91 Å². The predicted molar refractivity (Wildman–Crippen MR) is 99.5 cm³/mol. The van der Waals surface area contributed by atoms with Gasteiger partial charge in [-0.05, 0) is 24.1 Å². The Kier molecular flexibility index (Phi) is 5.52. The maximum Gasteiger partial charge on any atom is 0.247 e. The van der Waals surface area contributed by atoms with Gasteiger partial charge in [-0.1, -0.05) is 48.5 Å². The minimum Gasteiger partial charge on any atom is -0.331 e. The van der Waals surface area contributed by atoms with Gasteiger partial charge in [0.1, 0.15) is 5.82 Å². The summed E-state index contributed by atoms with van der Waals surface area (Å²) < 4.78 is 37.7. The molecule has 1 aliphatic rings. The summed E-state index contributed by atoms with van der Waals surface area (Å²) in [7, 11) is -3.16. The first kappa shape index (κ1) is 18.3. The van der Waals surface area contributed by atoms with E-state index in [0.29, 0.717) is 12.0 Å². The summed E-state index contributed by atoms with van der Waals surface area (Å²) in [6, 6.07) is 15.1. The van der Waals surface area contributed by atoms with Crippen LogP contribution in [0.1, 0.15) is 17.5 Å². The topological polar surface area (TPSA) is 54.5 Å². The number of amides is 1. The van der Waals surface area contributed by atoms with Crippen LogP contribution in [-0.2, 0) is 21.2 Å². The summed E-state index contributed by atoms with van der Waals surface area (Å²) in [4.78, 5) is 14.2. The number of sulfone groups is 1. The summed E-state index contributed by atoms with van der Waals surface area (Å²) in [5.74, 6) is -0.745. The number of benzene rings is 2. The van der Waals surface area contributed by atoms with Crippen molar-refractivity contribution in [1.82, 2.24) is 4.90 Å². The highest BCUT2D eigenvalue weighted by Gasteiger charge is 2.34. The normalized spacial score (nSPS) is 18.9. The second-order valence-corrected chi connectivity index (χ2v) is 8.59. The molecule has 0 spiro atoms. The Morgan fingerprint density at radius 3 is 2.46 bits per heavy atom. The number of hydrogen-bond acceptors (Lipinski definition) is 3. The highest BCUT2D eigenvalue weighted by molar-refractivity contribution is 7.91. The molecule has 1 atom stereocenters. The van der Waals surface area contributed by atoms with Gasteiger partial charge in [0, 0.05) is 24.2 Å². The Labute approximate surface area is 152 Å². The van der Waals surface area contributed by atoms with Crippen molar-refractivity contribution in [3.8, 4) is 0 Å². The van der Waals surface area contributed by atoms with Crippen LogP contribution in [0.15, 0.2) is 60.7 Å². The molecule has 0 bridgehead atoms. The molecule has 0 saturated carbocycles. The number of halogens is 1. The second-order valence-electron chi connectivity index (χ2n) is 6.36. The third kappa shape index (κ3) is 4.58. The number of hydrogen-bond donors (Lipinski definition) is 0. The lowest BCUT2D eigenvalue weighted by Crippen LogP contribution is -2.39. The Balaban J connectivity index is 1.84. The first-order valence-corrected chi connectivity index (χ1v) is 10.2. The molecular formula is C20H20FNO3S. The summed E-state index contributed by atoms with van der Waals surface area (Å²) in [6.45, 7) is 0.0465. The molecule has 1 heterocycles. The lowest BCUT2D eigenvalue weighted by molar-refractivity contribution is -0.128. The van der Waals surface area contributed by atoms with Crippen molar-refractivity contribution in [2.45, 2.75) is 19.0 Å². The molecule has 1 amide bonds. The maximum atomic E-state index is 14.0. The monoisotopic (exact) mass is 373 g/mol. The van der Waals surface area contributed by atoms with E-state index in [1.165, 1.54) is 17.0 Å². The van der Waals surface area contributed by atoms with E-state index in [1.54, 1.807) is 24.3 Å². The average molecular weight is 373 g/mol. The van der Waals surface area contributed by atoms with Gasteiger partial charge in [-0.3, -0.25) is 4.79 Å². The van der Waals surface area contributed by atoms with Gasteiger partial charge in [-0.2, -0.15) is 0 Å². The van der Waals surface area contributed by atoms with Crippen LogP contribution in [0.25, 0.3) is 6.08 Å². The van der Waals surface area contributed by atoms with E-state index >= 15 is 0 Å². The number of rotatable bonds is 5. The van der Waals surface area contributed by atoms with E-state index in [0.717, 1.165) is 5.56 Å². The lowest BCUT2D eigenvalue weighted by Gasteiger charge is -2.27.